The summed E-state index contributed by atoms with van der Waals surface area (Å²) in [5.74, 6) is 0.843. The zero-order valence-corrected chi connectivity index (χ0v) is 17.3. The van der Waals surface area contributed by atoms with E-state index in [1.54, 1.807) is 0 Å². The third-order valence-corrected chi connectivity index (χ3v) is 6.61. The van der Waals surface area contributed by atoms with Crippen molar-refractivity contribution in [2.75, 3.05) is 19.7 Å². The second-order valence-corrected chi connectivity index (χ2v) is 8.33. The van der Waals surface area contributed by atoms with Crippen molar-refractivity contribution in [3.8, 4) is 11.4 Å². The number of carbonyl (C=O) groups is 1. The van der Waals surface area contributed by atoms with Crippen molar-refractivity contribution in [1.82, 2.24) is 14.9 Å². The number of nitrogens with two attached hydrogens (primary N) is 1. The predicted octanol–water partition coefficient (Wildman–Crippen LogP) is 2.84. The molecule has 7 heteroatoms. The van der Waals surface area contributed by atoms with E-state index in [0.29, 0.717) is 19.7 Å². The molecule has 3 heterocycles. The first-order chi connectivity index (χ1) is 13.6. The van der Waals surface area contributed by atoms with Gasteiger partial charge in [0.05, 0.1) is 17.8 Å². The van der Waals surface area contributed by atoms with E-state index in [4.69, 9.17) is 15.5 Å². The molecule has 6 nitrogen and oxygen atoms in total. The molecule has 29 heavy (non-hydrogen) atoms. The highest BCUT2D eigenvalue weighted by Crippen LogP contribution is 2.42. The molecule has 1 aromatic carbocycles. The standard InChI is InChI=1S/C22H26N4O2.ClH/c23-21(8-4-9-21)20(27)26-12-10-22(11-13-26)18-17(7-14-28-22)15-24-19(25-18)16-5-2-1-3-6-16;/h1-3,5-6,15H,4,7-14,23H2;1H. The fourth-order valence-corrected chi connectivity index (χ4v) is 4.67. The summed E-state index contributed by atoms with van der Waals surface area (Å²) in [6.45, 7) is 2.01. The van der Waals surface area contributed by atoms with Crippen molar-refractivity contribution in [3.63, 3.8) is 0 Å². The number of ether oxygens (including phenoxy) is 1. The van der Waals surface area contributed by atoms with Gasteiger partial charge in [0.25, 0.3) is 0 Å². The molecule has 1 saturated carbocycles. The number of nitrogens with zero attached hydrogens (tertiary/aromatic N) is 3. The number of hydrogen-bond donors (Lipinski definition) is 1. The molecule has 2 N–H and O–H groups in total. The minimum atomic E-state index is -0.627. The summed E-state index contributed by atoms with van der Waals surface area (Å²) in [7, 11) is 0. The van der Waals surface area contributed by atoms with Gasteiger partial charge in [-0.15, -0.1) is 12.4 Å². The maximum absolute atomic E-state index is 12.8. The fourth-order valence-electron chi connectivity index (χ4n) is 4.67. The molecule has 2 fully saturated rings. The van der Waals surface area contributed by atoms with Crippen LogP contribution >= 0.6 is 12.4 Å². The zero-order chi connectivity index (χ0) is 19.2. The van der Waals surface area contributed by atoms with Crippen LogP contribution in [0.3, 0.4) is 0 Å². The van der Waals surface area contributed by atoms with E-state index in [-0.39, 0.29) is 18.3 Å². The number of amides is 1. The van der Waals surface area contributed by atoms with E-state index in [2.05, 4.69) is 4.98 Å². The largest absolute Gasteiger partial charge is 0.368 e. The third kappa shape index (κ3) is 3.43. The van der Waals surface area contributed by atoms with Gasteiger partial charge in [0, 0.05) is 24.8 Å². The Hall–Kier alpha value is -2.02. The Morgan fingerprint density at radius 1 is 1.10 bits per heavy atom. The Labute approximate surface area is 177 Å². The number of likely N-dealkylation sites (tertiary alicyclic amines) is 1. The lowest BCUT2D eigenvalue weighted by Gasteiger charge is -2.47. The highest BCUT2D eigenvalue weighted by molar-refractivity contribution is 5.87. The number of carbonyl (C=O) groups excluding carboxylic acids is 1. The molecule has 3 aliphatic rings. The average molecular weight is 415 g/mol. The van der Waals surface area contributed by atoms with Crippen molar-refractivity contribution in [1.29, 1.82) is 0 Å². The molecule has 0 radical (unpaired) electrons. The highest BCUT2D eigenvalue weighted by Gasteiger charge is 2.47. The molecule has 5 rings (SSSR count). The number of hydrogen-bond acceptors (Lipinski definition) is 5. The van der Waals surface area contributed by atoms with E-state index < -0.39 is 11.1 Å². The number of fused-ring (bicyclic) bond motifs is 2. The van der Waals surface area contributed by atoms with Gasteiger partial charge in [-0.2, -0.15) is 0 Å². The van der Waals surface area contributed by atoms with E-state index in [1.807, 2.05) is 41.4 Å². The van der Waals surface area contributed by atoms with Crippen molar-refractivity contribution >= 4 is 18.3 Å². The van der Waals surface area contributed by atoms with Crippen LogP contribution in [-0.4, -0.2) is 46.0 Å². The average Bonchev–Trinajstić information content (AvgIpc) is 2.73. The molecule has 154 valence electrons. The first-order valence-corrected chi connectivity index (χ1v) is 10.2. The second-order valence-electron chi connectivity index (χ2n) is 8.33. The first-order valence-electron chi connectivity index (χ1n) is 10.2. The number of piperidine rings is 1. The Morgan fingerprint density at radius 2 is 1.83 bits per heavy atom. The molecule has 2 aliphatic heterocycles. The normalized spacial score (nSPS) is 21.6. The SMILES string of the molecule is Cl.NC1(C(=O)N2CCC3(CC2)OCCc2cnc(-c4ccccc4)nc23)CCC1. The molecular weight excluding hydrogens is 388 g/mol. The van der Waals surface area contributed by atoms with Crippen LogP contribution in [0.5, 0.6) is 0 Å². The van der Waals surface area contributed by atoms with Gasteiger partial charge < -0.3 is 15.4 Å². The Kier molecular flexibility index (Phi) is 5.36. The smallest absolute Gasteiger partial charge is 0.242 e. The van der Waals surface area contributed by atoms with Crippen molar-refractivity contribution in [2.45, 2.75) is 49.7 Å². The lowest BCUT2D eigenvalue weighted by molar-refractivity contribution is -0.149. The lowest BCUT2D eigenvalue weighted by Crippen LogP contribution is -2.61. The van der Waals surface area contributed by atoms with Gasteiger partial charge in [0.15, 0.2) is 5.82 Å². The summed E-state index contributed by atoms with van der Waals surface area (Å²) in [6.07, 6.45) is 6.97. The number of aromatic nitrogens is 2. The fraction of sp³-hybridized carbons (Fsp3) is 0.500. The minimum Gasteiger partial charge on any atom is -0.368 e. The van der Waals surface area contributed by atoms with Crippen molar-refractivity contribution < 1.29 is 9.53 Å². The van der Waals surface area contributed by atoms with Crippen LogP contribution in [-0.2, 0) is 21.6 Å². The topological polar surface area (TPSA) is 81.3 Å². The number of benzene rings is 1. The van der Waals surface area contributed by atoms with E-state index in [1.165, 1.54) is 5.56 Å². The highest BCUT2D eigenvalue weighted by atomic mass is 35.5. The Bertz CT molecular complexity index is 893. The van der Waals surface area contributed by atoms with Gasteiger partial charge >= 0.3 is 0 Å². The number of rotatable bonds is 2. The lowest BCUT2D eigenvalue weighted by atomic mass is 9.75. The van der Waals surface area contributed by atoms with Crippen LogP contribution in [0.2, 0.25) is 0 Å². The third-order valence-electron chi connectivity index (χ3n) is 6.61. The van der Waals surface area contributed by atoms with Crippen LogP contribution in [0.15, 0.2) is 36.5 Å². The molecule has 0 bridgehead atoms. The van der Waals surface area contributed by atoms with Crippen LogP contribution in [0.4, 0.5) is 0 Å². The van der Waals surface area contributed by atoms with E-state index >= 15 is 0 Å². The molecule has 0 atom stereocenters. The minimum absolute atomic E-state index is 0. The van der Waals surface area contributed by atoms with Crippen LogP contribution in [0.1, 0.15) is 43.4 Å². The Morgan fingerprint density at radius 3 is 2.48 bits per heavy atom. The van der Waals surface area contributed by atoms with Crippen LogP contribution in [0, 0.1) is 0 Å². The van der Waals surface area contributed by atoms with Crippen molar-refractivity contribution in [3.05, 3.63) is 47.8 Å². The maximum atomic E-state index is 12.8. The van der Waals surface area contributed by atoms with Gasteiger partial charge in [-0.1, -0.05) is 30.3 Å². The van der Waals surface area contributed by atoms with Crippen molar-refractivity contribution in [2.24, 2.45) is 5.73 Å². The summed E-state index contributed by atoms with van der Waals surface area (Å²) in [4.78, 5) is 24.3. The predicted molar refractivity (Wildman–Crippen MR) is 113 cm³/mol. The molecular formula is C22H27ClN4O2. The van der Waals surface area contributed by atoms with Crippen LogP contribution in [0.25, 0.3) is 11.4 Å². The first kappa shape index (κ1) is 20.3. The van der Waals surface area contributed by atoms with Gasteiger partial charge in [-0.25, -0.2) is 9.97 Å². The summed E-state index contributed by atoms with van der Waals surface area (Å²) >= 11 is 0. The van der Waals surface area contributed by atoms with Gasteiger partial charge in [-0.05, 0) is 44.1 Å². The zero-order valence-electron chi connectivity index (χ0n) is 16.5. The molecule has 1 aromatic heterocycles. The molecule has 1 amide bonds. The quantitative estimate of drug-likeness (QED) is 0.817. The molecule has 1 saturated heterocycles. The Balaban J connectivity index is 0.00000205. The van der Waals surface area contributed by atoms with Gasteiger partial charge in [-0.3, -0.25) is 4.79 Å². The van der Waals surface area contributed by atoms with Gasteiger partial charge in [0.1, 0.15) is 5.60 Å². The second kappa shape index (κ2) is 7.67. The maximum Gasteiger partial charge on any atom is 0.242 e. The number of halogens is 1. The summed E-state index contributed by atoms with van der Waals surface area (Å²) < 4.78 is 6.32. The van der Waals surface area contributed by atoms with Crippen LogP contribution < -0.4 is 5.73 Å². The summed E-state index contributed by atoms with van der Waals surface area (Å²) in [5, 5.41) is 0. The van der Waals surface area contributed by atoms with E-state index in [0.717, 1.165) is 55.6 Å². The summed E-state index contributed by atoms with van der Waals surface area (Å²) in [6, 6.07) is 10.0. The summed E-state index contributed by atoms with van der Waals surface area (Å²) in [5.41, 5.74) is 8.40. The monoisotopic (exact) mass is 414 g/mol. The molecule has 2 aromatic rings. The molecule has 0 unspecified atom stereocenters. The molecule has 1 aliphatic carbocycles. The van der Waals surface area contributed by atoms with Gasteiger partial charge in [0.2, 0.25) is 5.91 Å². The van der Waals surface area contributed by atoms with E-state index in [9.17, 15) is 4.79 Å². The molecule has 1 spiro atoms.